The van der Waals surface area contributed by atoms with Gasteiger partial charge in [0.1, 0.15) is 0 Å². The predicted octanol–water partition coefficient (Wildman–Crippen LogP) is 1.45. The number of carbonyl (C=O) groups excluding carboxylic acids is 1. The van der Waals surface area contributed by atoms with Crippen molar-refractivity contribution >= 4 is 16.1 Å². The molecular formula is C18H27N3O3S. The van der Waals surface area contributed by atoms with Gasteiger partial charge in [-0.05, 0) is 18.4 Å². The van der Waals surface area contributed by atoms with Crippen molar-refractivity contribution in [2.75, 3.05) is 39.3 Å². The Bertz CT molecular complexity index is 704. The van der Waals surface area contributed by atoms with Gasteiger partial charge in [-0.2, -0.15) is 17.0 Å². The van der Waals surface area contributed by atoms with Crippen LogP contribution in [-0.4, -0.2) is 67.1 Å². The molecule has 0 spiro atoms. The Morgan fingerprint density at radius 3 is 2.08 bits per heavy atom. The molecule has 1 aromatic carbocycles. The van der Waals surface area contributed by atoms with Crippen molar-refractivity contribution in [1.29, 1.82) is 0 Å². The van der Waals surface area contributed by atoms with Gasteiger partial charge in [0.15, 0.2) is 0 Å². The number of nitrogens with zero attached hydrogens (tertiary/aromatic N) is 3. The van der Waals surface area contributed by atoms with Crippen LogP contribution in [0.3, 0.4) is 0 Å². The Kier molecular flexibility index (Phi) is 5.18. The number of hydrogen-bond donors (Lipinski definition) is 0. The summed E-state index contributed by atoms with van der Waals surface area (Å²) < 4.78 is 28.2. The molecule has 6 nitrogen and oxygen atoms in total. The first-order chi connectivity index (χ1) is 12.0. The molecule has 2 fully saturated rings. The highest BCUT2D eigenvalue weighted by atomic mass is 32.2. The molecule has 25 heavy (non-hydrogen) atoms. The third-order valence-corrected chi connectivity index (χ3v) is 7.56. The summed E-state index contributed by atoms with van der Waals surface area (Å²) in [4.78, 5) is 14.9. The molecule has 0 bridgehead atoms. The van der Waals surface area contributed by atoms with Gasteiger partial charge in [0.25, 0.3) is 10.2 Å². The normalized spacial score (nSPS) is 20.7. The fourth-order valence-electron chi connectivity index (χ4n) is 3.65. The van der Waals surface area contributed by atoms with Crippen molar-refractivity contribution in [2.45, 2.75) is 32.1 Å². The summed E-state index contributed by atoms with van der Waals surface area (Å²) in [6, 6.07) is 9.94. The summed E-state index contributed by atoms with van der Waals surface area (Å²) in [6.07, 6.45) is 1.77. The van der Waals surface area contributed by atoms with Crippen molar-refractivity contribution in [2.24, 2.45) is 0 Å². The van der Waals surface area contributed by atoms with Gasteiger partial charge in [0.2, 0.25) is 5.91 Å². The van der Waals surface area contributed by atoms with E-state index in [4.69, 9.17) is 0 Å². The van der Waals surface area contributed by atoms with E-state index in [1.807, 2.05) is 49.1 Å². The number of benzene rings is 1. The molecule has 2 aliphatic rings. The number of amides is 1. The van der Waals surface area contributed by atoms with Gasteiger partial charge in [0.05, 0.1) is 5.41 Å². The summed E-state index contributed by atoms with van der Waals surface area (Å²) >= 11 is 0. The third kappa shape index (κ3) is 3.32. The lowest BCUT2D eigenvalue weighted by Gasteiger charge is -2.37. The minimum Gasteiger partial charge on any atom is -0.339 e. The van der Waals surface area contributed by atoms with Crippen molar-refractivity contribution in [3.8, 4) is 0 Å². The molecule has 0 unspecified atom stereocenters. The number of rotatable bonds is 6. The Morgan fingerprint density at radius 2 is 1.60 bits per heavy atom. The van der Waals surface area contributed by atoms with E-state index in [0.29, 0.717) is 39.3 Å². The number of hydrogen-bond acceptors (Lipinski definition) is 3. The van der Waals surface area contributed by atoms with Crippen molar-refractivity contribution in [3.05, 3.63) is 35.9 Å². The first-order valence-corrected chi connectivity index (χ1v) is 10.5. The second-order valence-electron chi connectivity index (χ2n) is 6.73. The topological polar surface area (TPSA) is 60.9 Å². The Morgan fingerprint density at radius 1 is 1.04 bits per heavy atom. The zero-order valence-electron chi connectivity index (χ0n) is 15.0. The highest BCUT2D eigenvalue weighted by Gasteiger charge is 2.53. The zero-order chi connectivity index (χ0) is 18.1. The maximum atomic E-state index is 13.0. The van der Waals surface area contributed by atoms with Gasteiger partial charge >= 0.3 is 0 Å². The van der Waals surface area contributed by atoms with E-state index in [1.165, 1.54) is 8.61 Å². The van der Waals surface area contributed by atoms with Crippen molar-refractivity contribution in [1.82, 2.24) is 13.5 Å². The predicted molar refractivity (Wildman–Crippen MR) is 97.3 cm³/mol. The van der Waals surface area contributed by atoms with E-state index in [2.05, 4.69) is 0 Å². The molecule has 1 aliphatic heterocycles. The third-order valence-electron chi connectivity index (χ3n) is 5.37. The molecule has 3 rings (SSSR count). The second kappa shape index (κ2) is 7.05. The van der Waals surface area contributed by atoms with Gasteiger partial charge in [-0.1, -0.05) is 44.2 Å². The SMILES string of the molecule is CCN(CC)S(=O)(=O)N1CCN(C(=O)C2(c3ccccc3)CC2)CC1. The lowest BCUT2D eigenvalue weighted by atomic mass is 9.94. The van der Waals surface area contributed by atoms with Crippen LogP contribution in [-0.2, 0) is 20.4 Å². The summed E-state index contributed by atoms with van der Waals surface area (Å²) in [5, 5.41) is 0. The summed E-state index contributed by atoms with van der Waals surface area (Å²) in [5.74, 6) is 0.151. The average molecular weight is 365 g/mol. The fourth-order valence-corrected chi connectivity index (χ4v) is 5.25. The standard InChI is InChI=1S/C18H27N3O3S/c1-3-20(4-2)25(23,24)21-14-12-19(13-15-21)17(22)18(10-11-18)16-8-6-5-7-9-16/h5-9H,3-4,10-15H2,1-2H3. The number of piperazine rings is 1. The summed E-state index contributed by atoms with van der Waals surface area (Å²) in [5.41, 5.74) is 0.708. The Hall–Kier alpha value is -1.44. The molecule has 138 valence electrons. The Labute approximate surface area is 150 Å². The second-order valence-corrected chi connectivity index (χ2v) is 8.66. The lowest BCUT2D eigenvalue weighted by molar-refractivity contribution is -0.135. The summed E-state index contributed by atoms with van der Waals surface area (Å²) in [7, 11) is -3.42. The molecule has 7 heteroatoms. The Balaban J connectivity index is 1.66. The van der Waals surface area contributed by atoms with E-state index in [0.717, 1.165) is 18.4 Å². The van der Waals surface area contributed by atoms with E-state index < -0.39 is 10.2 Å². The molecule has 0 atom stereocenters. The average Bonchev–Trinajstić information content (AvgIpc) is 3.45. The van der Waals surface area contributed by atoms with Crippen molar-refractivity contribution < 1.29 is 13.2 Å². The van der Waals surface area contributed by atoms with Crippen molar-refractivity contribution in [3.63, 3.8) is 0 Å². The minimum absolute atomic E-state index is 0.151. The maximum absolute atomic E-state index is 13.0. The monoisotopic (exact) mass is 365 g/mol. The fraction of sp³-hybridized carbons (Fsp3) is 0.611. The molecule has 1 amide bonds. The number of carbonyl (C=O) groups is 1. The first-order valence-electron chi connectivity index (χ1n) is 9.06. The molecule has 1 saturated carbocycles. The maximum Gasteiger partial charge on any atom is 0.282 e. The molecule has 0 N–H and O–H groups in total. The van der Waals surface area contributed by atoms with Crippen LogP contribution in [0.2, 0.25) is 0 Å². The molecule has 1 heterocycles. The van der Waals surface area contributed by atoms with Gasteiger partial charge in [0, 0.05) is 39.3 Å². The smallest absolute Gasteiger partial charge is 0.282 e. The van der Waals surface area contributed by atoms with Crippen LogP contribution < -0.4 is 0 Å². The summed E-state index contributed by atoms with van der Waals surface area (Å²) in [6.45, 7) is 6.30. The highest BCUT2D eigenvalue weighted by molar-refractivity contribution is 7.86. The zero-order valence-corrected chi connectivity index (χ0v) is 15.8. The molecular weight excluding hydrogens is 338 g/mol. The van der Waals surface area contributed by atoms with Crippen LogP contribution in [0.15, 0.2) is 30.3 Å². The lowest BCUT2D eigenvalue weighted by Crippen LogP contribution is -2.55. The van der Waals surface area contributed by atoms with Crippen LogP contribution in [0.5, 0.6) is 0 Å². The molecule has 1 saturated heterocycles. The van der Waals surface area contributed by atoms with Gasteiger partial charge in [-0.15, -0.1) is 0 Å². The minimum atomic E-state index is -3.42. The quantitative estimate of drug-likeness (QED) is 0.767. The van der Waals surface area contributed by atoms with Crippen LogP contribution in [0.4, 0.5) is 0 Å². The van der Waals surface area contributed by atoms with Gasteiger partial charge in [-0.25, -0.2) is 0 Å². The van der Waals surface area contributed by atoms with E-state index in [1.54, 1.807) is 0 Å². The largest absolute Gasteiger partial charge is 0.339 e. The molecule has 0 aromatic heterocycles. The highest BCUT2D eigenvalue weighted by Crippen LogP contribution is 2.49. The molecule has 1 aliphatic carbocycles. The van der Waals surface area contributed by atoms with Gasteiger partial charge in [-0.3, -0.25) is 4.79 Å². The molecule has 1 aromatic rings. The van der Waals surface area contributed by atoms with E-state index in [9.17, 15) is 13.2 Å². The first kappa shape index (κ1) is 18.4. The molecule has 0 radical (unpaired) electrons. The van der Waals surface area contributed by atoms with E-state index >= 15 is 0 Å². The van der Waals surface area contributed by atoms with Crippen LogP contribution >= 0.6 is 0 Å². The van der Waals surface area contributed by atoms with Crippen LogP contribution in [0, 0.1) is 0 Å². The van der Waals surface area contributed by atoms with Crippen LogP contribution in [0.25, 0.3) is 0 Å². The van der Waals surface area contributed by atoms with E-state index in [-0.39, 0.29) is 11.3 Å². The van der Waals surface area contributed by atoms with Gasteiger partial charge < -0.3 is 4.90 Å². The van der Waals surface area contributed by atoms with Crippen LogP contribution in [0.1, 0.15) is 32.3 Å².